The molecule has 5 heteroatoms. The van der Waals surface area contributed by atoms with Gasteiger partial charge in [-0.05, 0) is 25.5 Å². The summed E-state index contributed by atoms with van der Waals surface area (Å²) in [6, 6.07) is 8.19. The summed E-state index contributed by atoms with van der Waals surface area (Å²) in [4.78, 5) is 13.7. The molecule has 0 radical (unpaired) electrons. The van der Waals surface area contributed by atoms with Crippen molar-refractivity contribution in [2.75, 3.05) is 5.73 Å². The van der Waals surface area contributed by atoms with Gasteiger partial charge in [0.2, 0.25) is 0 Å². The number of aromatic nitrogens is 3. The number of anilines is 1. The first-order valence-electron chi connectivity index (χ1n) is 7.13. The van der Waals surface area contributed by atoms with Gasteiger partial charge in [0.1, 0.15) is 11.6 Å². The van der Waals surface area contributed by atoms with E-state index in [0.717, 1.165) is 40.4 Å². The minimum absolute atomic E-state index is 0.588. The number of benzene rings is 1. The van der Waals surface area contributed by atoms with Gasteiger partial charge in [0.15, 0.2) is 0 Å². The van der Waals surface area contributed by atoms with Gasteiger partial charge in [0, 0.05) is 18.4 Å². The number of thiazole rings is 1. The fraction of sp³-hybridized carbons (Fsp3) is 0.312. The molecule has 0 saturated carbocycles. The highest BCUT2D eigenvalue weighted by atomic mass is 32.1. The second-order valence-electron chi connectivity index (χ2n) is 5.10. The Labute approximate surface area is 128 Å². The quantitative estimate of drug-likeness (QED) is 0.800. The molecule has 0 amide bonds. The van der Waals surface area contributed by atoms with Crippen molar-refractivity contribution >= 4 is 27.4 Å². The molecule has 0 aliphatic rings. The molecular weight excluding hydrogens is 280 g/mol. The molecule has 0 fully saturated rings. The van der Waals surface area contributed by atoms with E-state index in [1.54, 1.807) is 11.3 Å². The van der Waals surface area contributed by atoms with Crippen LogP contribution in [-0.4, -0.2) is 15.0 Å². The van der Waals surface area contributed by atoms with E-state index in [9.17, 15) is 0 Å². The summed E-state index contributed by atoms with van der Waals surface area (Å²) in [7, 11) is 0. The topological polar surface area (TPSA) is 64.7 Å². The number of nitrogens with zero attached hydrogens (tertiary/aromatic N) is 3. The Morgan fingerprint density at radius 3 is 2.71 bits per heavy atom. The smallest absolute Gasteiger partial charge is 0.131 e. The van der Waals surface area contributed by atoms with Crippen molar-refractivity contribution in [1.29, 1.82) is 0 Å². The third-order valence-corrected chi connectivity index (χ3v) is 4.50. The van der Waals surface area contributed by atoms with Crippen LogP contribution in [0.25, 0.3) is 10.2 Å². The summed E-state index contributed by atoms with van der Waals surface area (Å²) in [6.07, 6.45) is 2.59. The van der Waals surface area contributed by atoms with Crippen molar-refractivity contribution in [3.05, 3.63) is 46.4 Å². The van der Waals surface area contributed by atoms with E-state index >= 15 is 0 Å². The van der Waals surface area contributed by atoms with Crippen molar-refractivity contribution in [3.8, 4) is 0 Å². The van der Waals surface area contributed by atoms with E-state index in [-0.39, 0.29) is 0 Å². The maximum Gasteiger partial charge on any atom is 0.131 e. The number of fused-ring (bicyclic) bond motifs is 1. The van der Waals surface area contributed by atoms with Crippen LogP contribution in [0, 0.1) is 6.92 Å². The Balaban J connectivity index is 1.96. The molecule has 3 rings (SSSR count). The van der Waals surface area contributed by atoms with Gasteiger partial charge in [0.25, 0.3) is 0 Å². The van der Waals surface area contributed by atoms with Crippen molar-refractivity contribution < 1.29 is 0 Å². The highest BCUT2D eigenvalue weighted by molar-refractivity contribution is 7.18. The molecule has 21 heavy (non-hydrogen) atoms. The summed E-state index contributed by atoms with van der Waals surface area (Å²) in [6.45, 7) is 4.10. The van der Waals surface area contributed by atoms with Gasteiger partial charge in [-0.15, -0.1) is 11.3 Å². The van der Waals surface area contributed by atoms with Crippen molar-refractivity contribution in [2.45, 2.75) is 33.1 Å². The maximum atomic E-state index is 6.01. The molecule has 0 spiro atoms. The Kier molecular flexibility index (Phi) is 3.84. The Morgan fingerprint density at radius 1 is 1.14 bits per heavy atom. The van der Waals surface area contributed by atoms with Gasteiger partial charge < -0.3 is 5.73 Å². The highest BCUT2D eigenvalue weighted by Crippen LogP contribution is 2.25. The summed E-state index contributed by atoms with van der Waals surface area (Å²) >= 11 is 1.71. The van der Waals surface area contributed by atoms with Gasteiger partial charge in [0.05, 0.1) is 20.9 Å². The Morgan fingerprint density at radius 2 is 1.95 bits per heavy atom. The molecule has 2 aromatic heterocycles. The van der Waals surface area contributed by atoms with Crippen molar-refractivity contribution in [1.82, 2.24) is 15.0 Å². The fourth-order valence-electron chi connectivity index (χ4n) is 2.28. The first kappa shape index (κ1) is 13.9. The molecule has 3 aromatic rings. The van der Waals surface area contributed by atoms with Crippen LogP contribution in [0.4, 0.5) is 5.82 Å². The van der Waals surface area contributed by atoms with Gasteiger partial charge >= 0.3 is 0 Å². The normalized spacial score (nSPS) is 11.1. The molecule has 108 valence electrons. The lowest BCUT2D eigenvalue weighted by Gasteiger charge is -2.08. The van der Waals surface area contributed by atoms with Crippen LogP contribution in [-0.2, 0) is 12.8 Å². The molecule has 0 saturated heterocycles. The number of nitrogens with two attached hydrogens (primary N) is 1. The lowest BCUT2D eigenvalue weighted by molar-refractivity contribution is 0.814. The molecular formula is C16H18N4S. The molecule has 2 N–H and O–H groups in total. The van der Waals surface area contributed by atoms with Crippen LogP contribution in [0.15, 0.2) is 24.3 Å². The second-order valence-corrected chi connectivity index (χ2v) is 6.21. The third kappa shape index (κ3) is 2.88. The van der Waals surface area contributed by atoms with Crippen LogP contribution in [0.1, 0.15) is 35.4 Å². The van der Waals surface area contributed by atoms with Gasteiger partial charge in [-0.3, -0.25) is 0 Å². The summed E-state index contributed by atoms with van der Waals surface area (Å²) in [5.41, 5.74) is 9.02. The average molecular weight is 298 g/mol. The first-order chi connectivity index (χ1) is 10.2. The molecule has 0 bridgehead atoms. The molecule has 0 unspecified atom stereocenters. The number of rotatable bonds is 4. The standard InChI is InChI=1S/C16H18N4S/c1-3-6-14-18-12(10(2)16(17)20-14)9-15-19-11-7-4-5-8-13(11)21-15/h4-5,7-8H,3,6,9H2,1-2H3,(H2,17,18,20). The van der Waals surface area contributed by atoms with E-state index in [0.29, 0.717) is 12.2 Å². The lowest BCUT2D eigenvalue weighted by Crippen LogP contribution is -2.07. The van der Waals surface area contributed by atoms with Crippen LogP contribution in [0.5, 0.6) is 0 Å². The summed E-state index contributed by atoms with van der Waals surface area (Å²) in [5, 5.41) is 1.07. The zero-order valence-corrected chi connectivity index (χ0v) is 13.1. The maximum absolute atomic E-state index is 6.01. The van der Waals surface area contributed by atoms with Crippen LogP contribution >= 0.6 is 11.3 Å². The van der Waals surface area contributed by atoms with Gasteiger partial charge in [-0.25, -0.2) is 15.0 Å². The van der Waals surface area contributed by atoms with Gasteiger partial charge in [-0.2, -0.15) is 0 Å². The lowest BCUT2D eigenvalue weighted by atomic mass is 10.1. The van der Waals surface area contributed by atoms with E-state index in [4.69, 9.17) is 5.73 Å². The molecule has 4 nitrogen and oxygen atoms in total. The predicted octanol–water partition coefficient (Wildman–Crippen LogP) is 3.52. The number of aryl methyl sites for hydroxylation is 1. The molecule has 1 aromatic carbocycles. The van der Waals surface area contributed by atoms with Gasteiger partial charge in [-0.1, -0.05) is 19.1 Å². The minimum Gasteiger partial charge on any atom is -0.383 e. The van der Waals surface area contributed by atoms with Crippen molar-refractivity contribution in [2.24, 2.45) is 0 Å². The summed E-state index contributed by atoms with van der Waals surface area (Å²) in [5.74, 6) is 1.42. The zero-order chi connectivity index (χ0) is 14.8. The predicted molar refractivity (Wildman–Crippen MR) is 87.6 cm³/mol. The van der Waals surface area contributed by atoms with Crippen molar-refractivity contribution in [3.63, 3.8) is 0 Å². The Bertz CT molecular complexity index is 746. The number of hydrogen-bond donors (Lipinski definition) is 1. The molecule has 2 heterocycles. The zero-order valence-electron chi connectivity index (χ0n) is 12.3. The average Bonchev–Trinajstić information content (AvgIpc) is 2.87. The first-order valence-corrected chi connectivity index (χ1v) is 7.95. The van der Waals surface area contributed by atoms with Crippen LogP contribution in [0.3, 0.4) is 0 Å². The van der Waals surface area contributed by atoms with Crippen LogP contribution in [0.2, 0.25) is 0 Å². The minimum atomic E-state index is 0.588. The number of para-hydroxylation sites is 1. The van der Waals surface area contributed by atoms with Crippen LogP contribution < -0.4 is 5.73 Å². The van der Waals surface area contributed by atoms with E-state index in [1.807, 2.05) is 25.1 Å². The number of nitrogen functional groups attached to an aromatic ring is 1. The molecule has 0 aliphatic carbocycles. The second kappa shape index (κ2) is 5.77. The SMILES string of the molecule is CCCc1nc(N)c(C)c(Cc2nc3ccccc3s2)n1. The third-order valence-electron chi connectivity index (χ3n) is 3.46. The number of hydrogen-bond acceptors (Lipinski definition) is 5. The molecule has 0 atom stereocenters. The van der Waals surface area contributed by atoms with E-state index < -0.39 is 0 Å². The fourth-order valence-corrected chi connectivity index (χ4v) is 3.25. The van der Waals surface area contributed by atoms with E-state index in [1.165, 1.54) is 4.70 Å². The Hall–Kier alpha value is -2.01. The largest absolute Gasteiger partial charge is 0.383 e. The summed E-state index contributed by atoms with van der Waals surface area (Å²) < 4.78 is 1.21. The highest BCUT2D eigenvalue weighted by Gasteiger charge is 2.11. The van der Waals surface area contributed by atoms with E-state index in [2.05, 4.69) is 27.9 Å². The molecule has 0 aliphatic heterocycles. The monoisotopic (exact) mass is 298 g/mol.